The second-order valence-electron chi connectivity index (χ2n) is 9.23. The SMILES string of the molecule is CN/C=C(\C(=N)c1ccnc(N2CCOCC2)c1)c1cnc2ccc(N/C(N)=C/C(=C\N)C(C)C)nc2c1. The van der Waals surface area contributed by atoms with Gasteiger partial charge in [-0.3, -0.25) is 10.4 Å². The van der Waals surface area contributed by atoms with Gasteiger partial charge >= 0.3 is 0 Å². The van der Waals surface area contributed by atoms with Gasteiger partial charge in [-0.25, -0.2) is 9.97 Å². The van der Waals surface area contributed by atoms with Crippen LogP contribution in [-0.4, -0.2) is 54.0 Å². The fourth-order valence-corrected chi connectivity index (χ4v) is 4.13. The molecule has 0 aliphatic carbocycles. The average Bonchev–Trinajstić information content (AvgIpc) is 2.94. The number of ether oxygens (including phenoxy) is 1. The number of rotatable bonds is 9. The van der Waals surface area contributed by atoms with Crippen LogP contribution in [0.4, 0.5) is 11.6 Å². The minimum absolute atomic E-state index is 0.245. The molecule has 0 atom stereocenters. The van der Waals surface area contributed by atoms with Gasteiger partial charge in [0.25, 0.3) is 0 Å². The standard InChI is InChI=1S/C28H35N9O/c1-18(2)20(15-29)13-25(30)36-26-5-4-23-24(35-26)12-21(16-34-23)22(17-32-3)28(31)19-6-7-33-27(14-19)37-8-10-38-11-9-37/h4-7,12-18,31-32H,8-11,29-30H2,1-3H3,(H,35,36)/b20-15+,22-17-,25-13+,31-28?. The molecule has 1 aliphatic heterocycles. The molecule has 38 heavy (non-hydrogen) atoms. The highest BCUT2D eigenvalue weighted by Crippen LogP contribution is 2.24. The van der Waals surface area contributed by atoms with Crippen LogP contribution >= 0.6 is 0 Å². The van der Waals surface area contributed by atoms with Crippen LogP contribution in [-0.2, 0) is 4.74 Å². The zero-order valence-electron chi connectivity index (χ0n) is 22.0. The molecule has 0 saturated carbocycles. The monoisotopic (exact) mass is 513 g/mol. The topological polar surface area (TPSA) is 151 Å². The molecule has 3 aromatic heterocycles. The van der Waals surface area contributed by atoms with Crippen molar-refractivity contribution in [1.29, 1.82) is 5.41 Å². The maximum absolute atomic E-state index is 9.02. The molecule has 0 aromatic carbocycles. The van der Waals surface area contributed by atoms with Crippen LogP contribution in [0.2, 0.25) is 0 Å². The molecule has 198 valence electrons. The third kappa shape index (κ3) is 6.27. The molecule has 1 saturated heterocycles. The second kappa shape index (κ2) is 12.2. The lowest BCUT2D eigenvalue weighted by molar-refractivity contribution is 0.122. The van der Waals surface area contributed by atoms with Gasteiger partial charge in [-0.05, 0) is 54.1 Å². The van der Waals surface area contributed by atoms with Gasteiger partial charge < -0.3 is 31.7 Å². The zero-order valence-corrected chi connectivity index (χ0v) is 22.0. The molecule has 10 nitrogen and oxygen atoms in total. The molecule has 10 heteroatoms. The van der Waals surface area contributed by atoms with Crippen molar-refractivity contribution < 1.29 is 4.74 Å². The summed E-state index contributed by atoms with van der Waals surface area (Å²) >= 11 is 0. The van der Waals surface area contributed by atoms with Crippen LogP contribution in [0.1, 0.15) is 25.0 Å². The van der Waals surface area contributed by atoms with E-state index in [1.165, 1.54) is 0 Å². The summed E-state index contributed by atoms with van der Waals surface area (Å²) in [7, 11) is 1.81. The van der Waals surface area contributed by atoms with Gasteiger partial charge in [-0.1, -0.05) is 13.8 Å². The van der Waals surface area contributed by atoms with Crippen molar-refractivity contribution in [2.24, 2.45) is 17.4 Å². The second-order valence-corrected chi connectivity index (χ2v) is 9.23. The van der Waals surface area contributed by atoms with Crippen molar-refractivity contribution >= 4 is 34.0 Å². The Hall–Kier alpha value is -4.44. The Kier molecular flexibility index (Phi) is 8.55. The normalized spacial score (nSPS) is 15.2. The predicted molar refractivity (Wildman–Crippen MR) is 154 cm³/mol. The highest BCUT2D eigenvalue weighted by atomic mass is 16.5. The highest BCUT2D eigenvalue weighted by molar-refractivity contribution is 6.30. The Morgan fingerprint density at radius 2 is 1.89 bits per heavy atom. The van der Waals surface area contributed by atoms with Gasteiger partial charge in [0.1, 0.15) is 17.5 Å². The van der Waals surface area contributed by atoms with Crippen LogP contribution in [0.25, 0.3) is 16.6 Å². The minimum atomic E-state index is 0.245. The molecule has 1 aliphatic rings. The quantitative estimate of drug-likeness (QED) is 0.215. The Labute approximate surface area is 223 Å². The molecule has 0 radical (unpaired) electrons. The third-order valence-corrected chi connectivity index (χ3v) is 6.23. The first-order chi connectivity index (χ1) is 18.4. The number of hydrogen-bond acceptors (Lipinski definition) is 10. The smallest absolute Gasteiger partial charge is 0.132 e. The number of morpholine rings is 1. The van der Waals surface area contributed by atoms with E-state index in [1.54, 1.807) is 30.9 Å². The van der Waals surface area contributed by atoms with Crippen molar-refractivity contribution in [2.45, 2.75) is 13.8 Å². The summed E-state index contributed by atoms with van der Waals surface area (Å²) in [4.78, 5) is 16.0. The van der Waals surface area contributed by atoms with Crippen molar-refractivity contribution in [3.63, 3.8) is 0 Å². The van der Waals surface area contributed by atoms with Gasteiger partial charge in [-0.2, -0.15) is 0 Å². The average molecular weight is 514 g/mol. The van der Waals surface area contributed by atoms with Crippen molar-refractivity contribution in [3.8, 4) is 0 Å². The summed E-state index contributed by atoms with van der Waals surface area (Å²) in [6.45, 7) is 7.00. The van der Waals surface area contributed by atoms with Gasteiger partial charge in [0.05, 0.1) is 30.0 Å². The maximum Gasteiger partial charge on any atom is 0.132 e. The number of anilines is 2. The number of fused-ring (bicyclic) bond motifs is 1. The molecule has 0 spiro atoms. The van der Waals surface area contributed by atoms with Gasteiger partial charge in [0.15, 0.2) is 0 Å². The molecule has 0 bridgehead atoms. The molecular formula is C28H35N9O. The first-order valence-electron chi connectivity index (χ1n) is 12.6. The molecule has 7 N–H and O–H groups in total. The van der Waals surface area contributed by atoms with Crippen LogP contribution in [0.15, 0.2) is 72.6 Å². The first-order valence-corrected chi connectivity index (χ1v) is 12.6. The predicted octanol–water partition coefficient (Wildman–Crippen LogP) is 3.20. The number of nitrogens with zero attached hydrogens (tertiary/aromatic N) is 4. The molecular weight excluding hydrogens is 478 g/mol. The largest absolute Gasteiger partial charge is 0.404 e. The lowest BCUT2D eigenvalue weighted by atomic mass is 9.98. The van der Waals surface area contributed by atoms with Crippen LogP contribution in [0.3, 0.4) is 0 Å². The maximum atomic E-state index is 9.02. The van der Waals surface area contributed by atoms with Gasteiger partial charge in [0, 0.05) is 55.4 Å². The highest BCUT2D eigenvalue weighted by Gasteiger charge is 2.17. The first kappa shape index (κ1) is 26.6. The van der Waals surface area contributed by atoms with E-state index in [4.69, 9.17) is 26.6 Å². The number of nitrogens with one attached hydrogen (secondary N) is 3. The fourth-order valence-electron chi connectivity index (χ4n) is 4.13. The number of hydrogen-bond donors (Lipinski definition) is 5. The lowest BCUT2D eigenvalue weighted by Gasteiger charge is -2.28. The van der Waals surface area contributed by atoms with Gasteiger partial charge in [0.2, 0.25) is 0 Å². The number of aromatic nitrogens is 3. The summed E-state index contributed by atoms with van der Waals surface area (Å²) < 4.78 is 5.46. The number of pyridine rings is 3. The van der Waals surface area contributed by atoms with Crippen LogP contribution in [0, 0.1) is 11.3 Å². The number of allylic oxidation sites excluding steroid dienone is 3. The molecule has 4 rings (SSSR count). The Balaban J connectivity index is 1.62. The molecule has 4 heterocycles. The van der Waals surface area contributed by atoms with Crippen molar-refractivity contribution in [2.75, 3.05) is 43.6 Å². The fraction of sp³-hybridized carbons (Fsp3) is 0.286. The molecule has 0 unspecified atom stereocenters. The summed E-state index contributed by atoms with van der Waals surface area (Å²) in [6.07, 6.45) is 8.66. The Morgan fingerprint density at radius 1 is 1.11 bits per heavy atom. The van der Waals surface area contributed by atoms with E-state index in [-0.39, 0.29) is 5.92 Å². The summed E-state index contributed by atoms with van der Waals surface area (Å²) in [6, 6.07) is 9.43. The molecule has 3 aromatic rings. The minimum Gasteiger partial charge on any atom is -0.404 e. The summed E-state index contributed by atoms with van der Waals surface area (Å²) in [5, 5.41) is 15.2. The van der Waals surface area contributed by atoms with Crippen LogP contribution in [0.5, 0.6) is 0 Å². The Bertz CT molecular complexity index is 1390. The van der Waals surface area contributed by atoms with E-state index < -0.39 is 0 Å². The van der Waals surface area contributed by atoms with Crippen molar-refractivity contribution in [1.82, 2.24) is 20.3 Å². The molecule has 1 fully saturated rings. The van der Waals surface area contributed by atoms with E-state index in [2.05, 4.69) is 25.5 Å². The molecule has 0 amide bonds. The van der Waals surface area contributed by atoms with E-state index in [0.29, 0.717) is 41.7 Å². The summed E-state index contributed by atoms with van der Waals surface area (Å²) in [5.41, 5.74) is 16.8. The van der Waals surface area contributed by atoms with Crippen molar-refractivity contribution in [3.05, 3.63) is 83.7 Å². The summed E-state index contributed by atoms with van der Waals surface area (Å²) in [5.74, 6) is 2.11. The zero-order chi connectivity index (χ0) is 27.1. The van der Waals surface area contributed by atoms with E-state index >= 15 is 0 Å². The van der Waals surface area contributed by atoms with E-state index in [0.717, 1.165) is 41.1 Å². The van der Waals surface area contributed by atoms with Gasteiger partial charge in [-0.15, -0.1) is 0 Å². The van der Waals surface area contributed by atoms with E-state index in [1.807, 2.05) is 51.2 Å². The lowest BCUT2D eigenvalue weighted by Crippen LogP contribution is -2.36. The Morgan fingerprint density at radius 3 is 2.61 bits per heavy atom. The van der Waals surface area contributed by atoms with E-state index in [9.17, 15) is 0 Å². The van der Waals surface area contributed by atoms with Crippen LogP contribution < -0.4 is 27.0 Å². The number of nitrogens with two attached hydrogens (primary N) is 2. The third-order valence-electron chi connectivity index (χ3n) is 6.23.